The van der Waals surface area contributed by atoms with Crippen LogP contribution in [0.2, 0.25) is 0 Å². The van der Waals surface area contributed by atoms with E-state index < -0.39 is 12.0 Å². The van der Waals surface area contributed by atoms with Crippen LogP contribution in [0.4, 0.5) is 4.39 Å². The maximum atomic E-state index is 13.5. The number of carbonyl (C=O) groups is 2. The lowest BCUT2D eigenvalue weighted by Gasteiger charge is -2.09. The first-order valence-corrected chi connectivity index (χ1v) is 6.49. The Bertz CT molecular complexity index is 638. The van der Waals surface area contributed by atoms with Gasteiger partial charge in [-0.05, 0) is 25.1 Å². The van der Waals surface area contributed by atoms with E-state index in [-0.39, 0.29) is 18.1 Å². The summed E-state index contributed by atoms with van der Waals surface area (Å²) in [6.45, 7) is 1.61. The van der Waals surface area contributed by atoms with Gasteiger partial charge in [0, 0.05) is 16.1 Å². The Hall–Kier alpha value is -1.95. The number of rotatable bonds is 4. The molecular formula is C13H12FNO3S. The van der Waals surface area contributed by atoms with E-state index >= 15 is 0 Å². The molecule has 0 fully saturated rings. The van der Waals surface area contributed by atoms with Gasteiger partial charge in [0.2, 0.25) is 0 Å². The molecule has 2 aromatic rings. The number of hydrogen-bond donors (Lipinski definition) is 2. The molecule has 0 saturated carbocycles. The minimum absolute atomic E-state index is 0.148. The van der Waals surface area contributed by atoms with Gasteiger partial charge in [-0.15, -0.1) is 11.3 Å². The summed E-state index contributed by atoms with van der Waals surface area (Å²) in [7, 11) is 0. The smallest absolute Gasteiger partial charge is 0.305 e. The molecule has 19 heavy (non-hydrogen) atoms. The number of fused-ring (bicyclic) bond motifs is 1. The van der Waals surface area contributed by atoms with Crippen molar-refractivity contribution >= 4 is 33.3 Å². The Labute approximate surface area is 112 Å². The van der Waals surface area contributed by atoms with Crippen LogP contribution in [0, 0.1) is 5.82 Å². The van der Waals surface area contributed by atoms with Crippen LogP contribution in [0.15, 0.2) is 24.3 Å². The van der Waals surface area contributed by atoms with Crippen molar-refractivity contribution in [3.8, 4) is 0 Å². The lowest BCUT2D eigenvalue weighted by atomic mass is 10.2. The minimum atomic E-state index is -0.977. The third-order valence-corrected chi connectivity index (χ3v) is 3.69. The van der Waals surface area contributed by atoms with Gasteiger partial charge < -0.3 is 10.4 Å². The molecule has 1 aromatic carbocycles. The second kappa shape index (κ2) is 5.36. The predicted octanol–water partition coefficient (Wildman–Crippen LogP) is 2.63. The third-order valence-electron chi connectivity index (χ3n) is 2.59. The summed E-state index contributed by atoms with van der Waals surface area (Å²) in [6.07, 6.45) is -0.148. The number of aliphatic carboxylic acids is 1. The molecule has 0 aliphatic heterocycles. The fourth-order valence-electron chi connectivity index (χ4n) is 1.75. The van der Waals surface area contributed by atoms with E-state index in [4.69, 9.17) is 5.11 Å². The summed E-state index contributed by atoms with van der Waals surface area (Å²) in [6, 6.07) is 5.67. The zero-order valence-electron chi connectivity index (χ0n) is 10.1. The van der Waals surface area contributed by atoms with Gasteiger partial charge in [0.25, 0.3) is 5.91 Å². The fraction of sp³-hybridized carbons (Fsp3) is 0.231. The summed E-state index contributed by atoms with van der Waals surface area (Å²) < 4.78 is 14.2. The molecule has 100 valence electrons. The van der Waals surface area contributed by atoms with Crippen molar-refractivity contribution in [3.63, 3.8) is 0 Å². The normalized spacial score (nSPS) is 12.3. The molecule has 1 aromatic heterocycles. The van der Waals surface area contributed by atoms with Crippen LogP contribution in [0.5, 0.6) is 0 Å². The van der Waals surface area contributed by atoms with Crippen molar-refractivity contribution in [1.29, 1.82) is 0 Å². The zero-order valence-corrected chi connectivity index (χ0v) is 11.0. The van der Waals surface area contributed by atoms with Crippen molar-refractivity contribution < 1.29 is 19.1 Å². The van der Waals surface area contributed by atoms with Gasteiger partial charge in [-0.3, -0.25) is 9.59 Å². The van der Waals surface area contributed by atoms with Crippen LogP contribution in [0.1, 0.15) is 23.0 Å². The molecule has 1 unspecified atom stereocenters. The summed E-state index contributed by atoms with van der Waals surface area (Å²) in [5.74, 6) is -1.73. The number of carboxylic acids is 1. The largest absolute Gasteiger partial charge is 0.481 e. The highest BCUT2D eigenvalue weighted by molar-refractivity contribution is 7.20. The lowest BCUT2D eigenvalue weighted by Crippen LogP contribution is -2.33. The highest BCUT2D eigenvalue weighted by Gasteiger charge is 2.15. The van der Waals surface area contributed by atoms with E-state index in [9.17, 15) is 14.0 Å². The Kier molecular flexibility index (Phi) is 3.80. The number of thiophene rings is 1. The van der Waals surface area contributed by atoms with Crippen LogP contribution in [0.3, 0.4) is 0 Å². The molecule has 0 aliphatic carbocycles. The molecule has 6 heteroatoms. The highest BCUT2D eigenvalue weighted by Crippen LogP contribution is 2.27. The molecular weight excluding hydrogens is 269 g/mol. The van der Waals surface area contributed by atoms with Crippen LogP contribution in [-0.2, 0) is 4.79 Å². The van der Waals surface area contributed by atoms with Crippen LogP contribution < -0.4 is 5.32 Å². The van der Waals surface area contributed by atoms with Crippen LogP contribution in [-0.4, -0.2) is 23.0 Å². The first-order valence-electron chi connectivity index (χ1n) is 5.68. The molecule has 2 rings (SSSR count). The maximum absolute atomic E-state index is 13.5. The Balaban J connectivity index is 2.18. The summed E-state index contributed by atoms with van der Waals surface area (Å²) in [4.78, 5) is 22.8. The predicted molar refractivity (Wildman–Crippen MR) is 71.0 cm³/mol. The van der Waals surface area contributed by atoms with E-state index in [1.807, 2.05) is 0 Å². The Morgan fingerprint density at radius 2 is 2.21 bits per heavy atom. The molecule has 2 N–H and O–H groups in total. The van der Waals surface area contributed by atoms with Gasteiger partial charge in [0.1, 0.15) is 5.82 Å². The maximum Gasteiger partial charge on any atom is 0.305 e. The highest BCUT2D eigenvalue weighted by atomic mass is 32.1. The number of benzene rings is 1. The van der Waals surface area contributed by atoms with E-state index in [0.29, 0.717) is 15.0 Å². The summed E-state index contributed by atoms with van der Waals surface area (Å²) >= 11 is 1.18. The van der Waals surface area contributed by atoms with Crippen molar-refractivity contribution in [2.75, 3.05) is 0 Å². The average molecular weight is 281 g/mol. The fourth-order valence-corrected chi connectivity index (χ4v) is 2.72. The van der Waals surface area contributed by atoms with E-state index in [1.54, 1.807) is 19.1 Å². The summed E-state index contributed by atoms with van der Waals surface area (Å²) in [5.41, 5.74) is 0. The lowest BCUT2D eigenvalue weighted by molar-refractivity contribution is -0.137. The molecule has 4 nitrogen and oxygen atoms in total. The second-order valence-electron chi connectivity index (χ2n) is 4.23. The van der Waals surface area contributed by atoms with Gasteiger partial charge >= 0.3 is 5.97 Å². The molecule has 1 heterocycles. The number of carboxylic acid groups (broad SMARTS) is 1. The zero-order chi connectivity index (χ0) is 14.0. The van der Waals surface area contributed by atoms with Gasteiger partial charge in [-0.2, -0.15) is 0 Å². The number of hydrogen-bond acceptors (Lipinski definition) is 3. The number of amides is 1. The quantitative estimate of drug-likeness (QED) is 0.905. The van der Waals surface area contributed by atoms with Crippen molar-refractivity contribution in [3.05, 3.63) is 35.0 Å². The molecule has 0 aliphatic rings. The molecule has 0 radical (unpaired) electrons. The van der Waals surface area contributed by atoms with E-state index in [0.717, 1.165) is 0 Å². The monoisotopic (exact) mass is 281 g/mol. The SMILES string of the molecule is CC(CC(=O)O)NC(=O)c1cc2c(F)cccc2s1. The number of halogens is 1. The number of carbonyl (C=O) groups excluding carboxylic acids is 1. The van der Waals surface area contributed by atoms with Gasteiger partial charge in [-0.25, -0.2) is 4.39 Å². The van der Waals surface area contributed by atoms with Gasteiger partial charge in [-0.1, -0.05) is 6.07 Å². The van der Waals surface area contributed by atoms with Crippen LogP contribution >= 0.6 is 11.3 Å². The van der Waals surface area contributed by atoms with Crippen molar-refractivity contribution in [2.24, 2.45) is 0 Å². The molecule has 1 atom stereocenters. The second-order valence-corrected chi connectivity index (χ2v) is 5.32. The van der Waals surface area contributed by atoms with Gasteiger partial charge in [0.15, 0.2) is 0 Å². The first-order chi connectivity index (χ1) is 8.97. The summed E-state index contributed by atoms with van der Waals surface area (Å²) in [5, 5.41) is 11.6. The third kappa shape index (κ3) is 3.08. The van der Waals surface area contributed by atoms with Crippen molar-refractivity contribution in [2.45, 2.75) is 19.4 Å². The van der Waals surface area contributed by atoms with Crippen molar-refractivity contribution in [1.82, 2.24) is 5.32 Å². The minimum Gasteiger partial charge on any atom is -0.481 e. The Morgan fingerprint density at radius 1 is 1.47 bits per heavy atom. The topological polar surface area (TPSA) is 66.4 Å². The number of nitrogens with one attached hydrogen (secondary N) is 1. The van der Waals surface area contributed by atoms with E-state index in [2.05, 4.69) is 5.32 Å². The molecule has 0 spiro atoms. The average Bonchev–Trinajstić information content (AvgIpc) is 2.73. The Morgan fingerprint density at radius 3 is 2.84 bits per heavy atom. The first kappa shape index (κ1) is 13.5. The van der Waals surface area contributed by atoms with E-state index in [1.165, 1.54) is 23.5 Å². The van der Waals surface area contributed by atoms with Crippen LogP contribution in [0.25, 0.3) is 10.1 Å². The molecule has 0 saturated heterocycles. The standard InChI is InChI=1S/C13H12FNO3S/c1-7(5-12(16)17)15-13(18)11-6-8-9(14)3-2-4-10(8)19-11/h2-4,6-7H,5H2,1H3,(H,15,18)(H,16,17). The molecule has 0 bridgehead atoms. The van der Waals surface area contributed by atoms with Gasteiger partial charge in [0.05, 0.1) is 11.3 Å². The molecule has 1 amide bonds.